The van der Waals surface area contributed by atoms with Gasteiger partial charge >= 0.3 is 0 Å². The van der Waals surface area contributed by atoms with E-state index in [2.05, 4.69) is 24.0 Å². The molecule has 1 aliphatic rings. The maximum absolute atomic E-state index is 12.2. The Morgan fingerprint density at radius 3 is 2.89 bits per heavy atom. The van der Waals surface area contributed by atoms with Crippen LogP contribution in [0.25, 0.3) is 0 Å². The molecule has 1 aromatic heterocycles. The molecule has 5 heteroatoms. The fourth-order valence-electron chi connectivity index (χ4n) is 2.61. The maximum atomic E-state index is 12.2. The molecule has 1 unspecified atom stereocenters. The average Bonchev–Trinajstić information content (AvgIpc) is 2.63. The van der Waals surface area contributed by atoms with Gasteiger partial charge in [0.1, 0.15) is 11.5 Å². The molecule has 1 saturated heterocycles. The van der Waals surface area contributed by atoms with E-state index >= 15 is 0 Å². The number of carbonyl (C=O) groups is 1. The molecule has 0 bridgehead atoms. The first-order chi connectivity index (χ1) is 8.58. The number of nitrogen functional groups attached to an aromatic ring is 1. The number of amides is 1. The molecule has 18 heavy (non-hydrogen) atoms. The van der Waals surface area contributed by atoms with E-state index in [1.54, 1.807) is 6.07 Å². The number of nitrogens with one attached hydrogen (secondary N) is 1. The van der Waals surface area contributed by atoms with Crippen molar-refractivity contribution in [1.82, 2.24) is 15.1 Å². The molecule has 0 aromatic carbocycles. The Morgan fingerprint density at radius 1 is 1.50 bits per heavy atom. The number of likely N-dealkylation sites (tertiary alicyclic amines) is 1. The highest BCUT2D eigenvalue weighted by Crippen LogP contribution is 2.25. The topological polar surface area (TPSA) is 75.0 Å². The molecule has 0 saturated carbocycles. The SMILES string of the molecule is CC(C)C1CCCN(C(=O)c2cc(N)n[nH]2)CC1. The lowest BCUT2D eigenvalue weighted by atomic mass is 9.89. The van der Waals surface area contributed by atoms with Crippen molar-refractivity contribution in [3.05, 3.63) is 11.8 Å². The van der Waals surface area contributed by atoms with Gasteiger partial charge in [0.2, 0.25) is 0 Å². The number of nitrogens with two attached hydrogens (primary N) is 1. The maximum Gasteiger partial charge on any atom is 0.271 e. The van der Waals surface area contributed by atoms with Crippen LogP contribution in [0.5, 0.6) is 0 Å². The number of hydrogen-bond donors (Lipinski definition) is 2. The third-order valence-electron chi connectivity index (χ3n) is 3.83. The summed E-state index contributed by atoms with van der Waals surface area (Å²) in [6.07, 6.45) is 3.39. The standard InChI is InChI=1S/C13H22N4O/c1-9(2)10-4-3-6-17(7-5-10)13(18)11-8-12(14)16-15-11/h8-10H,3-7H2,1-2H3,(H3,14,15,16). The van der Waals surface area contributed by atoms with E-state index in [1.165, 1.54) is 6.42 Å². The van der Waals surface area contributed by atoms with Gasteiger partial charge in [0.05, 0.1) is 0 Å². The zero-order valence-electron chi connectivity index (χ0n) is 11.1. The van der Waals surface area contributed by atoms with Crippen LogP contribution in [0, 0.1) is 11.8 Å². The number of carbonyl (C=O) groups excluding carboxylic acids is 1. The molecular weight excluding hydrogens is 228 g/mol. The zero-order chi connectivity index (χ0) is 13.1. The molecule has 0 spiro atoms. The van der Waals surface area contributed by atoms with E-state index in [9.17, 15) is 4.79 Å². The smallest absolute Gasteiger partial charge is 0.271 e. The number of aromatic nitrogens is 2. The van der Waals surface area contributed by atoms with Crippen LogP contribution < -0.4 is 5.73 Å². The Bertz CT molecular complexity index is 413. The number of nitrogens with zero attached hydrogens (tertiary/aromatic N) is 2. The van der Waals surface area contributed by atoms with Gasteiger partial charge in [-0.3, -0.25) is 9.89 Å². The summed E-state index contributed by atoms with van der Waals surface area (Å²) in [4.78, 5) is 14.2. The second-order valence-electron chi connectivity index (χ2n) is 5.43. The Morgan fingerprint density at radius 2 is 2.28 bits per heavy atom. The molecule has 1 aromatic rings. The van der Waals surface area contributed by atoms with E-state index in [4.69, 9.17) is 5.73 Å². The number of H-pyrrole nitrogens is 1. The van der Waals surface area contributed by atoms with Crippen molar-refractivity contribution in [2.24, 2.45) is 11.8 Å². The number of rotatable bonds is 2. The predicted molar refractivity (Wildman–Crippen MR) is 71.1 cm³/mol. The van der Waals surface area contributed by atoms with Crippen LogP contribution in [0.4, 0.5) is 5.82 Å². The Kier molecular flexibility index (Phi) is 3.89. The second-order valence-corrected chi connectivity index (χ2v) is 5.43. The molecule has 1 amide bonds. The summed E-state index contributed by atoms with van der Waals surface area (Å²) < 4.78 is 0. The van der Waals surface area contributed by atoms with Gasteiger partial charge in [0, 0.05) is 19.2 Å². The van der Waals surface area contributed by atoms with Gasteiger partial charge in [-0.1, -0.05) is 13.8 Å². The van der Waals surface area contributed by atoms with Crippen molar-refractivity contribution in [1.29, 1.82) is 0 Å². The summed E-state index contributed by atoms with van der Waals surface area (Å²) >= 11 is 0. The van der Waals surface area contributed by atoms with E-state index in [1.807, 2.05) is 4.90 Å². The highest BCUT2D eigenvalue weighted by molar-refractivity contribution is 5.92. The fourth-order valence-corrected chi connectivity index (χ4v) is 2.61. The summed E-state index contributed by atoms with van der Waals surface area (Å²) in [5.74, 6) is 1.81. The van der Waals surface area contributed by atoms with Crippen LogP contribution >= 0.6 is 0 Å². The molecule has 2 heterocycles. The minimum absolute atomic E-state index is 0.0172. The second kappa shape index (κ2) is 5.42. The van der Waals surface area contributed by atoms with E-state index < -0.39 is 0 Å². The summed E-state index contributed by atoms with van der Waals surface area (Å²) in [7, 11) is 0. The van der Waals surface area contributed by atoms with Gasteiger partial charge in [0.15, 0.2) is 0 Å². The monoisotopic (exact) mass is 250 g/mol. The van der Waals surface area contributed by atoms with Crippen LogP contribution in [0.1, 0.15) is 43.6 Å². The van der Waals surface area contributed by atoms with Crippen LogP contribution in [0.2, 0.25) is 0 Å². The quantitative estimate of drug-likeness (QED) is 0.841. The summed E-state index contributed by atoms with van der Waals surface area (Å²) in [5, 5.41) is 6.50. The zero-order valence-corrected chi connectivity index (χ0v) is 11.1. The lowest BCUT2D eigenvalue weighted by Crippen LogP contribution is -2.32. The number of hydrogen-bond acceptors (Lipinski definition) is 3. The summed E-state index contributed by atoms with van der Waals surface area (Å²) in [5.41, 5.74) is 6.02. The normalized spacial score (nSPS) is 21.1. The van der Waals surface area contributed by atoms with Crippen molar-refractivity contribution < 1.29 is 4.79 Å². The van der Waals surface area contributed by atoms with Gasteiger partial charge in [-0.2, -0.15) is 5.10 Å². The minimum atomic E-state index is 0.0172. The predicted octanol–water partition coefficient (Wildman–Crippen LogP) is 1.89. The fraction of sp³-hybridized carbons (Fsp3) is 0.692. The lowest BCUT2D eigenvalue weighted by Gasteiger charge is -2.20. The average molecular weight is 250 g/mol. The Labute approximate surface area is 108 Å². The number of aromatic amines is 1. The molecule has 100 valence electrons. The van der Waals surface area contributed by atoms with Crippen molar-refractivity contribution >= 4 is 11.7 Å². The van der Waals surface area contributed by atoms with Gasteiger partial charge in [0.25, 0.3) is 5.91 Å². The largest absolute Gasteiger partial charge is 0.382 e. The van der Waals surface area contributed by atoms with E-state index in [0.29, 0.717) is 17.4 Å². The first kappa shape index (κ1) is 12.9. The third kappa shape index (κ3) is 2.83. The lowest BCUT2D eigenvalue weighted by molar-refractivity contribution is 0.0753. The molecule has 3 N–H and O–H groups in total. The molecule has 1 atom stereocenters. The van der Waals surface area contributed by atoms with Crippen molar-refractivity contribution in [3.63, 3.8) is 0 Å². The summed E-state index contributed by atoms with van der Waals surface area (Å²) in [6.45, 7) is 6.19. The number of anilines is 1. The van der Waals surface area contributed by atoms with Crippen LogP contribution in [-0.4, -0.2) is 34.1 Å². The molecule has 2 rings (SSSR count). The molecular formula is C13H22N4O. The third-order valence-corrected chi connectivity index (χ3v) is 3.83. The highest BCUT2D eigenvalue weighted by Gasteiger charge is 2.23. The van der Waals surface area contributed by atoms with Gasteiger partial charge < -0.3 is 10.6 Å². The van der Waals surface area contributed by atoms with Gasteiger partial charge in [-0.05, 0) is 31.1 Å². The van der Waals surface area contributed by atoms with Gasteiger partial charge in [-0.25, -0.2) is 0 Å². The van der Waals surface area contributed by atoms with Crippen LogP contribution in [0.15, 0.2) is 6.07 Å². The highest BCUT2D eigenvalue weighted by atomic mass is 16.2. The van der Waals surface area contributed by atoms with Crippen molar-refractivity contribution in [2.45, 2.75) is 33.1 Å². The first-order valence-corrected chi connectivity index (χ1v) is 6.68. The minimum Gasteiger partial charge on any atom is -0.382 e. The molecule has 5 nitrogen and oxygen atoms in total. The first-order valence-electron chi connectivity index (χ1n) is 6.68. The van der Waals surface area contributed by atoms with Gasteiger partial charge in [-0.15, -0.1) is 0 Å². The Balaban J connectivity index is 1.99. The molecule has 0 radical (unpaired) electrons. The van der Waals surface area contributed by atoms with E-state index in [-0.39, 0.29) is 5.91 Å². The van der Waals surface area contributed by atoms with Crippen LogP contribution in [-0.2, 0) is 0 Å². The van der Waals surface area contributed by atoms with Crippen molar-refractivity contribution in [3.8, 4) is 0 Å². The molecule has 1 fully saturated rings. The van der Waals surface area contributed by atoms with Crippen LogP contribution in [0.3, 0.4) is 0 Å². The van der Waals surface area contributed by atoms with E-state index in [0.717, 1.165) is 31.8 Å². The van der Waals surface area contributed by atoms with Crippen molar-refractivity contribution in [2.75, 3.05) is 18.8 Å². The summed E-state index contributed by atoms with van der Waals surface area (Å²) in [6, 6.07) is 1.60. The Hall–Kier alpha value is -1.52. The molecule has 1 aliphatic heterocycles. The molecule has 0 aliphatic carbocycles.